The molecule has 1 rings (SSSR count). The Kier molecular flexibility index (Phi) is 12.4. The van der Waals surface area contributed by atoms with Gasteiger partial charge in [-0.3, -0.25) is 4.79 Å². The van der Waals surface area contributed by atoms with E-state index in [9.17, 15) is 4.79 Å². The molecule has 23 heavy (non-hydrogen) atoms. The SMILES string of the molecule is C=CC=C(C)C.CCC1CCC(C)[C@@H]1C/C=C\CCCC(=O)O. The molecule has 0 spiro atoms. The van der Waals surface area contributed by atoms with Crippen molar-refractivity contribution in [2.45, 2.75) is 72.6 Å². The topological polar surface area (TPSA) is 37.3 Å². The number of hydrogen-bond donors (Lipinski definition) is 1. The molecule has 0 radical (unpaired) electrons. The van der Waals surface area contributed by atoms with Crippen molar-refractivity contribution in [1.82, 2.24) is 0 Å². The fourth-order valence-corrected chi connectivity index (χ4v) is 3.28. The quantitative estimate of drug-likeness (QED) is 0.319. The number of carbonyl (C=O) groups is 1. The molecule has 0 aromatic rings. The van der Waals surface area contributed by atoms with Gasteiger partial charge in [0, 0.05) is 6.42 Å². The van der Waals surface area contributed by atoms with Gasteiger partial charge in [0.25, 0.3) is 0 Å². The van der Waals surface area contributed by atoms with Crippen LogP contribution < -0.4 is 0 Å². The maximum absolute atomic E-state index is 10.3. The summed E-state index contributed by atoms with van der Waals surface area (Å²) in [5, 5.41) is 8.52. The van der Waals surface area contributed by atoms with Gasteiger partial charge < -0.3 is 5.11 Å². The zero-order chi connectivity index (χ0) is 17.7. The van der Waals surface area contributed by atoms with E-state index in [2.05, 4.69) is 32.6 Å². The van der Waals surface area contributed by atoms with Gasteiger partial charge in [0.1, 0.15) is 0 Å². The Morgan fingerprint density at radius 3 is 2.43 bits per heavy atom. The molecular weight excluding hydrogens is 284 g/mol. The monoisotopic (exact) mass is 320 g/mol. The van der Waals surface area contributed by atoms with Crippen molar-refractivity contribution < 1.29 is 9.90 Å². The molecule has 0 bridgehead atoms. The number of rotatable bonds is 8. The Labute approximate surface area is 143 Å². The molecule has 2 nitrogen and oxygen atoms in total. The summed E-state index contributed by atoms with van der Waals surface area (Å²) < 4.78 is 0. The highest BCUT2D eigenvalue weighted by atomic mass is 16.4. The highest BCUT2D eigenvalue weighted by molar-refractivity contribution is 5.66. The summed E-state index contributed by atoms with van der Waals surface area (Å²) in [7, 11) is 0. The minimum absolute atomic E-state index is 0.293. The van der Waals surface area contributed by atoms with Crippen LogP contribution in [0.5, 0.6) is 0 Å². The highest BCUT2D eigenvalue weighted by Gasteiger charge is 2.30. The second-order valence-electron chi connectivity index (χ2n) is 6.86. The molecule has 0 amide bonds. The van der Waals surface area contributed by atoms with Crippen molar-refractivity contribution in [2.75, 3.05) is 0 Å². The molecule has 3 atom stereocenters. The fourth-order valence-electron chi connectivity index (χ4n) is 3.28. The van der Waals surface area contributed by atoms with Gasteiger partial charge in [-0.05, 0) is 57.3 Å². The lowest BCUT2D eigenvalue weighted by Crippen LogP contribution is -2.11. The normalized spacial score (nSPS) is 23.2. The molecule has 0 heterocycles. The van der Waals surface area contributed by atoms with Crippen LogP contribution in [0, 0.1) is 17.8 Å². The summed E-state index contributed by atoms with van der Waals surface area (Å²) in [5.41, 5.74) is 1.30. The van der Waals surface area contributed by atoms with E-state index < -0.39 is 5.97 Å². The van der Waals surface area contributed by atoms with Gasteiger partial charge in [0.2, 0.25) is 0 Å². The average Bonchev–Trinajstić information content (AvgIpc) is 2.83. The lowest BCUT2D eigenvalue weighted by atomic mass is 9.86. The average molecular weight is 321 g/mol. The summed E-state index contributed by atoms with van der Waals surface area (Å²) in [4.78, 5) is 10.3. The number of aliphatic carboxylic acids is 1. The zero-order valence-electron chi connectivity index (χ0n) is 15.6. The molecule has 0 aromatic carbocycles. The van der Waals surface area contributed by atoms with Gasteiger partial charge in [-0.15, -0.1) is 0 Å². The fraction of sp³-hybridized carbons (Fsp3) is 0.667. The maximum atomic E-state index is 10.3. The molecule has 1 aliphatic carbocycles. The number of carboxylic acid groups (broad SMARTS) is 1. The third kappa shape index (κ3) is 11.0. The molecule has 0 saturated heterocycles. The predicted molar refractivity (Wildman–Crippen MR) is 101 cm³/mol. The molecule has 1 N–H and O–H groups in total. The predicted octanol–water partition coefficient (Wildman–Crippen LogP) is 6.40. The van der Waals surface area contributed by atoms with Gasteiger partial charge in [-0.1, -0.05) is 63.1 Å². The van der Waals surface area contributed by atoms with Crippen LogP contribution >= 0.6 is 0 Å². The Balaban J connectivity index is 0.000000688. The van der Waals surface area contributed by atoms with Crippen molar-refractivity contribution in [2.24, 2.45) is 17.8 Å². The van der Waals surface area contributed by atoms with E-state index >= 15 is 0 Å². The Morgan fingerprint density at radius 2 is 1.96 bits per heavy atom. The summed E-state index contributed by atoms with van der Waals surface area (Å²) in [5.74, 6) is 1.95. The van der Waals surface area contributed by atoms with E-state index in [0.717, 1.165) is 30.6 Å². The van der Waals surface area contributed by atoms with Gasteiger partial charge in [0.05, 0.1) is 0 Å². The second kappa shape index (κ2) is 13.2. The first-order valence-electron chi connectivity index (χ1n) is 9.05. The first kappa shape index (κ1) is 21.7. The van der Waals surface area contributed by atoms with Crippen LogP contribution in [0.4, 0.5) is 0 Å². The molecule has 1 saturated carbocycles. The summed E-state index contributed by atoms with van der Waals surface area (Å²) >= 11 is 0. The van der Waals surface area contributed by atoms with Gasteiger partial charge in [0.15, 0.2) is 0 Å². The van der Waals surface area contributed by atoms with Crippen molar-refractivity contribution in [3.05, 3.63) is 36.5 Å². The van der Waals surface area contributed by atoms with Crippen LogP contribution in [0.2, 0.25) is 0 Å². The third-order valence-electron chi connectivity index (χ3n) is 4.64. The van der Waals surface area contributed by atoms with E-state index in [-0.39, 0.29) is 0 Å². The van der Waals surface area contributed by atoms with E-state index in [1.807, 2.05) is 19.9 Å². The standard InChI is InChI=1S/C15H26O2.C6H10/c1-3-13-11-10-12(2)14(13)8-6-4-5-7-9-15(16)17;1-4-5-6(2)3/h4,6,12-14H,3,5,7-11H2,1-2H3,(H,16,17);4-5H,1H2,2-3H3/b6-4-;/t12?,13?,14-;/m0./s1. The third-order valence-corrected chi connectivity index (χ3v) is 4.64. The van der Waals surface area contributed by atoms with Crippen molar-refractivity contribution >= 4 is 5.97 Å². The molecule has 1 aliphatic rings. The van der Waals surface area contributed by atoms with E-state index in [1.165, 1.54) is 31.3 Å². The molecule has 0 aromatic heterocycles. The van der Waals surface area contributed by atoms with Gasteiger partial charge >= 0.3 is 5.97 Å². The molecule has 0 aliphatic heterocycles. The zero-order valence-corrected chi connectivity index (χ0v) is 15.6. The number of carboxylic acids is 1. The lowest BCUT2D eigenvalue weighted by Gasteiger charge is -2.20. The van der Waals surface area contributed by atoms with E-state index in [1.54, 1.807) is 6.08 Å². The van der Waals surface area contributed by atoms with Gasteiger partial charge in [-0.2, -0.15) is 0 Å². The van der Waals surface area contributed by atoms with Crippen molar-refractivity contribution in [3.8, 4) is 0 Å². The van der Waals surface area contributed by atoms with Crippen LogP contribution in [0.1, 0.15) is 72.6 Å². The first-order valence-corrected chi connectivity index (χ1v) is 9.05. The minimum atomic E-state index is -0.686. The molecule has 1 fully saturated rings. The molecular formula is C21H36O2. The highest BCUT2D eigenvalue weighted by Crippen LogP contribution is 2.40. The van der Waals surface area contributed by atoms with Crippen LogP contribution in [0.15, 0.2) is 36.5 Å². The molecule has 132 valence electrons. The number of allylic oxidation sites excluding steroid dienone is 5. The Hall–Kier alpha value is -1.31. The number of hydrogen-bond acceptors (Lipinski definition) is 1. The summed E-state index contributed by atoms with van der Waals surface area (Å²) in [6.07, 6.45) is 15.4. The molecule has 2 heteroatoms. The second-order valence-corrected chi connectivity index (χ2v) is 6.86. The minimum Gasteiger partial charge on any atom is -0.481 e. The largest absolute Gasteiger partial charge is 0.481 e. The van der Waals surface area contributed by atoms with Crippen LogP contribution in [0.25, 0.3) is 0 Å². The van der Waals surface area contributed by atoms with Crippen molar-refractivity contribution in [1.29, 1.82) is 0 Å². The van der Waals surface area contributed by atoms with E-state index in [0.29, 0.717) is 6.42 Å². The maximum Gasteiger partial charge on any atom is 0.303 e. The summed E-state index contributed by atoms with van der Waals surface area (Å²) in [6.45, 7) is 12.3. The first-order chi connectivity index (χ1) is 10.9. The molecule has 2 unspecified atom stereocenters. The van der Waals surface area contributed by atoms with Crippen LogP contribution in [-0.4, -0.2) is 11.1 Å². The van der Waals surface area contributed by atoms with Crippen LogP contribution in [0.3, 0.4) is 0 Å². The summed E-state index contributed by atoms with van der Waals surface area (Å²) in [6, 6.07) is 0. The number of unbranched alkanes of at least 4 members (excludes halogenated alkanes) is 1. The van der Waals surface area contributed by atoms with Gasteiger partial charge in [-0.25, -0.2) is 0 Å². The lowest BCUT2D eigenvalue weighted by molar-refractivity contribution is -0.137. The smallest absolute Gasteiger partial charge is 0.303 e. The Morgan fingerprint density at radius 1 is 1.26 bits per heavy atom. The Bertz CT molecular complexity index is 389. The van der Waals surface area contributed by atoms with E-state index in [4.69, 9.17) is 5.11 Å². The van der Waals surface area contributed by atoms with Crippen molar-refractivity contribution in [3.63, 3.8) is 0 Å². The van der Waals surface area contributed by atoms with Crippen LogP contribution in [-0.2, 0) is 4.79 Å².